The molecule has 0 aliphatic heterocycles. The van der Waals surface area contributed by atoms with Gasteiger partial charge >= 0.3 is 0 Å². The van der Waals surface area contributed by atoms with Gasteiger partial charge in [0.05, 0.1) is 4.90 Å². The van der Waals surface area contributed by atoms with Gasteiger partial charge in [-0.1, -0.05) is 17.7 Å². The average Bonchev–Trinajstić information content (AvgIpc) is 3.16. The Morgan fingerprint density at radius 3 is 2.33 bits per heavy atom. The number of rotatable bonds is 6. The van der Waals surface area contributed by atoms with Crippen LogP contribution in [0.1, 0.15) is 11.4 Å². The van der Waals surface area contributed by atoms with Crippen molar-refractivity contribution in [2.45, 2.75) is 18.7 Å². The highest BCUT2D eigenvalue weighted by molar-refractivity contribution is 7.92. The lowest BCUT2D eigenvalue weighted by Gasteiger charge is -2.10. The molecule has 0 saturated carbocycles. The van der Waals surface area contributed by atoms with Crippen LogP contribution in [0.5, 0.6) is 11.6 Å². The van der Waals surface area contributed by atoms with Crippen LogP contribution in [0.2, 0.25) is 0 Å². The number of nitrogens with one attached hydrogen (secondary N) is 1. The summed E-state index contributed by atoms with van der Waals surface area (Å²) in [6, 6.07) is 14.9. The molecule has 4 aromatic rings. The number of anilines is 1. The van der Waals surface area contributed by atoms with E-state index < -0.39 is 10.0 Å². The van der Waals surface area contributed by atoms with Gasteiger partial charge in [-0.05, 0) is 50.2 Å². The fraction of sp³-hybridized carbons (Fsp3) is 0.0952. The lowest BCUT2D eigenvalue weighted by Crippen LogP contribution is -2.12. The Balaban J connectivity index is 1.48. The first-order valence-electron chi connectivity index (χ1n) is 9.10. The second-order valence-electron chi connectivity index (χ2n) is 6.60. The molecule has 30 heavy (non-hydrogen) atoms. The molecule has 0 fully saturated rings. The average molecular weight is 421 g/mol. The van der Waals surface area contributed by atoms with Gasteiger partial charge in [-0.2, -0.15) is 0 Å². The topological polar surface area (TPSA) is 99.0 Å². The first-order chi connectivity index (χ1) is 14.4. The first kappa shape index (κ1) is 19.6. The molecule has 0 atom stereocenters. The zero-order valence-corrected chi connectivity index (χ0v) is 17.2. The maximum Gasteiger partial charge on any atom is 0.261 e. The van der Waals surface area contributed by atoms with Gasteiger partial charge in [-0.15, -0.1) is 0 Å². The number of aromatic nitrogens is 4. The maximum atomic E-state index is 12.5. The minimum absolute atomic E-state index is 0.205. The van der Waals surface area contributed by atoms with Gasteiger partial charge in [0.2, 0.25) is 5.88 Å². The summed E-state index contributed by atoms with van der Waals surface area (Å²) in [4.78, 5) is 12.7. The molecule has 0 radical (unpaired) electrons. The number of nitrogens with zero attached hydrogens (tertiary/aromatic N) is 4. The summed E-state index contributed by atoms with van der Waals surface area (Å²) in [6.07, 6.45) is 4.90. The number of imidazole rings is 1. The number of ether oxygens (including phenoxy) is 1. The van der Waals surface area contributed by atoms with E-state index in [0.717, 1.165) is 11.4 Å². The molecule has 0 aliphatic carbocycles. The van der Waals surface area contributed by atoms with Gasteiger partial charge < -0.3 is 4.74 Å². The molecule has 0 bridgehead atoms. The molecule has 0 amide bonds. The second kappa shape index (κ2) is 7.96. The minimum atomic E-state index is -3.66. The van der Waals surface area contributed by atoms with Gasteiger partial charge in [0.1, 0.15) is 23.7 Å². The zero-order chi connectivity index (χ0) is 21.1. The van der Waals surface area contributed by atoms with E-state index in [-0.39, 0.29) is 4.90 Å². The monoisotopic (exact) mass is 421 g/mol. The summed E-state index contributed by atoms with van der Waals surface area (Å²) >= 11 is 0. The zero-order valence-electron chi connectivity index (χ0n) is 16.4. The fourth-order valence-electron chi connectivity index (χ4n) is 2.78. The molecular formula is C21H19N5O3S. The van der Waals surface area contributed by atoms with Crippen LogP contribution < -0.4 is 9.46 Å². The summed E-state index contributed by atoms with van der Waals surface area (Å²) in [5, 5.41) is 0. The third-order valence-corrected chi connectivity index (χ3v) is 5.76. The molecule has 0 saturated heterocycles. The van der Waals surface area contributed by atoms with E-state index in [2.05, 4.69) is 19.7 Å². The van der Waals surface area contributed by atoms with E-state index >= 15 is 0 Å². The van der Waals surface area contributed by atoms with Crippen molar-refractivity contribution < 1.29 is 13.2 Å². The van der Waals surface area contributed by atoms with E-state index in [1.807, 2.05) is 18.4 Å². The van der Waals surface area contributed by atoms with Crippen molar-refractivity contribution in [3.8, 4) is 17.4 Å². The summed E-state index contributed by atoms with van der Waals surface area (Å²) in [5.74, 6) is 2.31. The summed E-state index contributed by atoms with van der Waals surface area (Å²) in [6.45, 7) is 3.78. The fourth-order valence-corrected chi connectivity index (χ4v) is 3.84. The van der Waals surface area contributed by atoms with Crippen molar-refractivity contribution in [3.63, 3.8) is 0 Å². The summed E-state index contributed by atoms with van der Waals surface area (Å²) in [7, 11) is -3.66. The highest BCUT2D eigenvalue weighted by Gasteiger charge is 2.14. The number of hydrogen-bond acceptors (Lipinski definition) is 6. The molecule has 2 aromatic carbocycles. The number of hydrogen-bond donors (Lipinski definition) is 1. The van der Waals surface area contributed by atoms with Crippen LogP contribution in [-0.2, 0) is 10.0 Å². The van der Waals surface area contributed by atoms with E-state index in [4.69, 9.17) is 4.74 Å². The van der Waals surface area contributed by atoms with Gasteiger partial charge in [0.15, 0.2) is 0 Å². The molecule has 8 nitrogen and oxygen atoms in total. The largest absolute Gasteiger partial charge is 0.439 e. The SMILES string of the molecule is Cc1ccc(S(=O)(=O)Nc2ccc(Oc3cc(-n4ccnc4C)ncn3)cc2)cc1. The Bertz CT molecular complexity index is 1270. The van der Waals surface area contributed by atoms with Crippen LogP contribution in [-0.4, -0.2) is 27.9 Å². The molecule has 152 valence electrons. The normalized spacial score (nSPS) is 11.3. The molecule has 9 heteroatoms. The van der Waals surface area contributed by atoms with Crippen LogP contribution in [0.3, 0.4) is 0 Å². The molecule has 0 aliphatic rings. The van der Waals surface area contributed by atoms with Gasteiger partial charge in [0, 0.05) is 24.1 Å². The van der Waals surface area contributed by atoms with Crippen molar-refractivity contribution in [2.75, 3.05) is 4.72 Å². The number of aryl methyl sites for hydroxylation is 2. The molecule has 1 N–H and O–H groups in total. The predicted octanol–water partition coefficient (Wildman–Crippen LogP) is 3.87. The lowest BCUT2D eigenvalue weighted by molar-refractivity contribution is 0.461. The van der Waals surface area contributed by atoms with E-state index in [0.29, 0.717) is 23.1 Å². The number of sulfonamides is 1. The Morgan fingerprint density at radius 1 is 0.933 bits per heavy atom. The Kier molecular flexibility index (Phi) is 5.20. The van der Waals surface area contributed by atoms with Crippen LogP contribution in [0.25, 0.3) is 5.82 Å². The van der Waals surface area contributed by atoms with Crippen LogP contribution >= 0.6 is 0 Å². The minimum Gasteiger partial charge on any atom is -0.439 e. The lowest BCUT2D eigenvalue weighted by atomic mass is 10.2. The van der Waals surface area contributed by atoms with Crippen LogP contribution in [0.15, 0.2) is 78.2 Å². The standard InChI is InChI=1S/C21H19N5O3S/c1-15-3-9-19(10-4-15)30(27,28)25-17-5-7-18(8-6-17)29-21-13-20(23-14-24-21)26-12-11-22-16(26)2/h3-14,25H,1-2H3. The quantitative estimate of drug-likeness (QED) is 0.507. The van der Waals surface area contributed by atoms with Crippen molar-refractivity contribution >= 4 is 15.7 Å². The highest BCUT2D eigenvalue weighted by atomic mass is 32.2. The molecule has 2 aromatic heterocycles. The summed E-state index contributed by atoms with van der Waals surface area (Å²) < 4.78 is 35.2. The van der Waals surface area contributed by atoms with Gasteiger partial charge in [-0.25, -0.2) is 23.4 Å². The Morgan fingerprint density at radius 2 is 1.67 bits per heavy atom. The van der Waals surface area contributed by atoms with Gasteiger partial charge in [-0.3, -0.25) is 9.29 Å². The third kappa shape index (κ3) is 4.31. The molecular weight excluding hydrogens is 402 g/mol. The van der Waals surface area contributed by atoms with Crippen molar-refractivity contribution in [1.29, 1.82) is 0 Å². The third-order valence-electron chi connectivity index (χ3n) is 4.36. The number of benzene rings is 2. The van der Waals surface area contributed by atoms with Crippen LogP contribution in [0, 0.1) is 13.8 Å². The van der Waals surface area contributed by atoms with Crippen molar-refractivity contribution in [3.05, 3.63) is 84.7 Å². The summed E-state index contributed by atoms with van der Waals surface area (Å²) in [5.41, 5.74) is 1.42. The van der Waals surface area contributed by atoms with E-state index in [1.54, 1.807) is 67.0 Å². The first-order valence-corrected chi connectivity index (χ1v) is 10.6. The van der Waals surface area contributed by atoms with E-state index in [9.17, 15) is 8.42 Å². The van der Waals surface area contributed by atoms with Crippen LogP contribution in [0.4, 0.5) is 5.69 Å². The van der Waals surface area contributed by atoms with E-state index in [1.165, 1.54) is 6.33 Å². The molecule has 4 rings (SSSR count). The maximum absolute atomic E-state index is 12.5. The Hall–Kier alpha value is -3.72. The second-order valence-corrected chi connectivity index (χ2v) is 8.29. The molecule has 0 spiro atoms. The highest BCUT2D eigenvalue weighted by Crippen LogP contribution is 2.24. The smallest absolute Gasteiger partial charge is 0.261 e. The van der Waals surface area contributed by atoms with Gasteiger partial charge in [0.25, 0.3) is 10.0 Å². The van der Waals surface area contributed by atoms with Crippen molar-refractivity contribution in [2.24, 2.45) is 0 Å². The van der Waals surface area contributed by atoms with Crippen molar-refractivity contribution in [1.82, 2.24) is 19.5 Å². The molecule has 2 heterocycles. The Labute approximate surface area is 174 Å². The predicted molar refractivity (Wildman–Crippen MR) is 112 cm³/mol. The molecule has 0 unspecified atom stereocenters.